The number of aliphatic hydroxyl groups is 2. The Morgan fingerprint density at radius 2 is 1.70 bits per heavy atom. The van der Waals surface area contributed by atoms with Gasteiger partial charge in [0.25, 0.3) is 0 Å². The fourth-order valence-electron chi connectivity index (χ4n) is 3.91. The minimum Gasteiger partial charge on any atom is -0.508 e. The van der Waals surface area contributed by atoms with Gasteiger partial charge in [0.2, 0.25) is 15.9 Å². The second-order valence-electron chi connectivity index (χ2n) is 9.04. The van der Waals surface area contributed by atoms with Crippen LogP contribution in [0.3, 0.4) is 0 Å². The van der Waals surface area contributed by atoms with Crippen molar-refractivity contribution in [3.8, 4) is 5.75 Å². The molecule has 3 rings (SSSR count). The lowest BCUT2D eigenvalue weighted by Crippen LogP contribution is -2.32. The molecule has 0 aliphatic rings. The van der Waals surface area contributed by atoms with E-state index in [0.717, 1.165) is 16.7 Å². The molecule has 7 N–H and O–H groups in total. The van der Waals surface area contributed by atoms with Gasteiger partial charge in [0.15, 0.2) is 0 Å². The van der Waals surface area contributed by atoms with Gasteiger partial charge in [-0.05, 0) is 59.9 Å². The number of primary sulfonamides is 1. The number of hydrogen-bond acceptors (Lipinski definition) is 7. The Labute approximate surface area is 217 Å². The van der Waals surface area contributed by atoms with Gasteiger partial charge in [-0.1, -0.05) is 42.5 Å². The van der Waals surface area contributed by atoms with Crippen molar-refractivity contribution >= 4 is 15.9 Å². The van der Waals surface area contributed by atoms with Crippen LogP contribution in [-0.2, 0) is 40.8 Å². The predicted molar refractivity (Wildman–Crippen MR) is 140 cm³/mol. The number of carbonyl (C=O) groups is 1. The van der Waals surface area contributed by atoms with E-state index < -0.39 is 16.1 Å². The van der Waals surface area contributed by atoms with Crippen LogP contribution in [0.4, 0.5) is 0 Å². The SMILES string of the molecule is CC(Cc1cccc(CC(=O)NCc2ccc(S(N)(=O)=O)cc2)c1)NCC(O)c1ccc(O)c(CO)c1. The van der Waals surface area contributed by atoms with Crippen molar-refractivity contribution in [1.82, 2.24) is 10.6 Å². The summed E-state index contributed by atoms with van der Waals surface area (Å²) in [6.45, 7) is 2.27. The van der Waals surface area contributed by atoms with E-state index in [0.29, 0.717) is 24.1 Å². The van der Waals surface area contributed by atoms with E-state index in [2.05, 4.69) is 10.6 Å². The van der Waals surface area contributed by atoms with Crippen LogP contribution in [0, 0.1) is 0 Å². The van der Waals surface area contributed by atoms with Crippen molar-refractivity contribution < 1.29 is 28.5 Å². The highest BCUT2D eigenvalue weighted by atomic mass is 32.2. The largest absolute Gasteiger partial charge is 0.508 e. The number of sulfonamides is 1. The zero-order valence-corrected chi connectivity index (χ0v) is 21.4. The lowest BCUT2D eigenvalue weighted by atomic mass is 10.0. The molecule has 0 saturated carbocycles. The number of benzene rings is 3. The van der Waals surface area contributed by atoms with E-state index in [1.54, 1.807) is 24.3 Å². The maximum atomic E-state index is 12.4. The monoisotopic (exact) mass is 527 g/mol. The summed E-state index contributed by atoms with van der Waals surface area (Å²) < 4.78 is 22.7. The number of aliphatic hydroxyl groups excluding tert-OH is 2. The molecule has 0 aliphatic heterocycles. The number of rotatable bonds is 12. The first-order valence-electron chi connectivity index (χ1n) is 11.9. The summed E-state index contributed by atoms with van der Waals surface area (Å²) in [5.74, 6) is -0.162. The second-order valence-corrected chi connectivity index (χ2v) is 10.6. The fraction of sp³-hybridized carbons (Fsp3) is 0.296. The molecule has 3 aromatic carbocycles. The van der Waals surface area contributed by atoms with E-state index in [4.69, 9.17) is 5.14 Å². The molecule has 1 amide bonds. The number of nitrogens with one attached hydrogen (secondary N) is 2. The van der Waals surface area contributed by atoms with Gasteiger partial charge >= 0.3 is 0 Å². The maximum Gasteiger partial charge on any atom is 0.238 e. The van der Waals surface area contributed by atoms with E-state index in [1.807, 2.05) is 31.2 Å². The topological polar surface area (TPSA) is 162 Å². The molecule has 0 aliphatic carbocycles. The van der Waals surface area contributed by atoms with Crippen LogP contribution >= 0.6 is 0 Å². The Bertz CT molecular complexity index is 1310. The first-order chi connectivity index (χ1) is 17.5. The van der Waals surface area contributed by atoms with Crippen molar-refractivity contribution in [3.63, 3.8) is 0 Å². The Balaban J connectivity index is 1.47. The van der Waals surface area contributed by atoms with Gasteiger partial charge in [-0.3, -0.25) is 4.79 Å². The maximum absolute atomic E-state index is 12.4. The molecule has 2 unspecified atom stereocenters. The van der Waals surface area contributed by atoms with E-state index in [1.165, 1.54) is 18.2 Å². The standard InChI is InChI=1S/C27H33N3O6S/c1-18(29-16-26(33)22-7-10-25(32)23(14-22)17-31)11-20-3-2-4-21(12-20)13-27(34)30-15-19-5-8-24(9-6-19)37(28,35)36/h2-10,12,14,18,26,29,31-33H,11,13,15-17H2,1H3,(H,30,34)(H2,28,35,36). The van der Waals surface area contributed by atoms with Gasteiger partial charge in [-0.15, -0.1) is 0 Å². The smallest absolute Gasteiger partial charge is 0.238 e. The molecule has 0 radical (unpaired) electrons. The van der Waals surface area contributed by atoms with Crippen molar-refractivity contribution in [2.75, 3.05) is 6.54 Å². The highest BCUT2D eigenvalue weighted by Gasteiger charge is 2.13. The van der Waals surface area contributed by atoms with Crippen molar-refractivity contribution in [2.24, 2.45) is 5.14 Å². The van der Waals surface area contributed by atoms with E-state index in [9.17, 15) is 28.5 Å². The minimum absolute atomic E-state index is 0.00728. The first-order valence-corrected chi connectivity index (χ1v) is 13.4. The van der Waals surface area contributed by atoms with Crippen molar-refractivity contribution in [2.45, 2.75) is 50.0 Å². The van der Waals surface area contributed by atoms with E-state index >= 15 is 0 Å². The Morgan fingerprint density at radius 1 is 1.00 bits per heavy atom. The van der Waals surface area contributed by atoms with Gasteiger partial charge in [0.1, 0.15) is 5.75 Å². The number of nitrogens with two attached hydrogens (primary N) is 1. The molecule has 0 aromatic heterocycles. The number of carbonyl (C=O) groups excluding carboxylic acids is 1. The zero-order chi connectivity index (χ0) is 27.0. The van der Waals surface area contributed by atoms with Crippen molar-refractivity contribution in [1.29, 1.82) is 0 Å². The van der Waals surface area contributed by atoms with E-state index in [-0.39, 0.29) is 42.2 Å². The third-order valence-corrected chi connectivity index (χ3v) is 6.89. The highest BCUT2D eigenvalue weighted by Crippen LogP contribution is 2.22. The molecule has 37 heavy (non-hydrogen) atoms. The van der Waals surface area contributed by atoms with Crippen LogP contribution < -0.4 is 15.8 Å². The number of phenols is 1. The van der Waals surface area contributed by atoms with Gasteiger partial charge in [-0.25, -0.2) is 13.6 Å². The molecule has 9 nitrogen and oxygen atoms in total. The number of aromatic hydroxyl groups is 1. The number of amides is 1. The predicted octanol–water partition coefficient (Wildman–Crippen LogP) is 1.65. The average Bonchev–Trinajstić information content (AvgIpc) is 2.86. The van der Waals surface area contributed by atoms with Gasteiger partial charge in [0.05, 0.1) is 24.0 Å². The zero-order valence-electron chi connectivity index (χ0n) is 20.6. The molecule has 0 saturated heterocycles. The number of hydrogen-bond donors (Lipinski definition) is 6. The van der Waals surface area contributed by atoms with Crippen LogP contribution in [0.25, 0.3) is 0 Å². The molecular weight excluding hydrogens is 494 g/mol. The Morgan fingerprint density at radius 3 is 2.38 bits per heavy atom. The van der Waals surface area contributed by atoms with Crippen LogP contribution in [-0.4, -0.2) is 42.2 Å². The van der Waals surface area contributed by atoms with Gasteiger partial charge < -0.3 is 26.0 Å². The third kappa shape index (κ3) is 8.66. The van der Waals surface area contributed by atoms with Crippen LogP contribution in [0.15, 0.2) is 71.6 Å². The third-order valence-electron chi connectivity index (χ3n) is 5.96. The van der Waals surface area contributed by atoms with Crippen LogP contribution in [0.1, 0.15) is 40.8 Å². The summed E-state index contributed by atoms with van der Waals surface area (Å²) in [5, 5.41) is 40.7. The average molecular weight is 528 g/mol. The summed E-state index contributed by atoms with van der Waals surface area (Å²) >= 11 is 0. The lowest BCUT2D eigenvalue weighted by Gasteiger charge is -2.18. The summed E-state index contributed by atoms with van der Waals surface area (Å²) in [6.07, 6.45) is 0.104. The molecule has 0 bridgehead atoms. The molecule has 0 fully saturated rings. The normalized spacial score (nSPS) is 13.2. The van der Waals surface area contributed by atoms with Crippen molar-refractivity contribution in [3.05, 3.63) is 94.5 Å². The highest BCUT2D eigenvalue weighted by molar-refractivity contribution is 7.89. The minimum atomic E-state index is -3.75. The summed E-state index contributed by atoms with van der Waals surface area (Å²) in [4.78, 5) is 12.4. The van der Waals surface area contributed by atoms with Gasteiger partial charge in [0, 0.05) is 24.7 Å². The lowest BCUT2D eigenvalue weighted by molar-refractivity contribution is -0.120. The first kappa shape index (κ1) is 28.3. The molecule has 0 spiro atoms. The van der Waals surface area contributed by atoms with Crippen LogP contribution in [0.2, 0.25) is 0 Å². The Hall–Kier alpha value is -3.28. The molecule has 2 atom stereocenters. The van der Waals surface area contributed by atoms with Crippen LogP contribution in [0.5, 0.6) is 5.75 Å². The molecule has 0 heterocycles. The summed E-state index contributed by atoms with van der Waals surface area (Å²) in [6, 6.07) is 18.5. The molecule has 3 aromatic rings. The second kappa shape index (κ2) is 12.8. The molecular formula is C27H33N3O6S. The molecule has 198 valence electrons. The van der Waals surface area contributed by atoms with Gasteiger partial charge in [-0.2, -0.15) is 0 Å². The fourth-order valence-corrected chi connectivity index (χ4v) is 4.42. The Kier molecular flexibility index (Phi) is 9.79. The summed E-state index contributed by atoms with van der Waals surface area (Å²) in [7, 11) is -3.75. The quantitative estimate of drug-likeness (QED) is 0.209. The summed E-state index contributed by atoms with van der Waals surface area (Å²) in [5.41, 5.74) is 3.65. The molecule has 10 heteroatoms.